The number of amides is 1. The fourth-order valence-corrected chi connectivity index (χ4v) is 3.96. The number of fused-ring (bicyclic) bond motifs is 1. The zero-order valence-corrected chi connectivity index (χ0v) is 16.4. The van der Waals surface area contributed by atoms with E-state index in [-0.39, 0.29) is 34.9 Å². The molecule has 2 aliphatic heterocycles. The number of likely N-dealkylation sites (tertiary alicyclic amines) is 1. The number of nitro groups is 1. The number of hydrogen-bond acceptors (Lipinski definition) is 6. The molecule has 2 aliphatic rings. The van der Waals surface area contributed by atoms with E-state index < -0.39 is 4.92 Å². The summed E-state index contributed by atoms with van der Waals surface area (Å²) in [6.45, 7) is 1.97. The summed E-state index contributed by atoms with van der Waals surface area (Å²) in [7, 11) is 0. The first-order valence-electron chi connectivity index (χ1n) is 9.38. The number of carbonyl (C=O) groups excluding carboxylic acids is 1. The third-order valence-electron chi connectivity index (χ3n) is 5.09. The standard InChI is InChI=1S/C20H20ClN3O5/c21-14-4-5-15(17(11-14)24(26)27)22-20(25)12-23-7-1-2-16(23)13-3-6-18-19(10-13)29-9-8-28-18/h3-6,10-11,16H,1-2,7-9,12H2,(H,22,25). The minimum Gasteiger partial charge on any atom is -0.486 e. The Balaban J connectivity index is 1.46. The van der Waals surface area contributed by atoms with E-state index in [1.165, 1.54) is 18.2 Å². The monoisotopic (exact) mass is 417 g/mol. The molecular weight excluding hydrogens is 398 g/mol. The molecule has 8 nitrogen and oxygen atoms in total. The van der Waals surface area contributed by atoms with Gasteiger partial charge in [-0.05, 0) is 49.2 Å². The molecule has 0 aromatic heterocycles. The van der Waals surface area contributed by atoms with E-state index in [4.69, 9.17) is 21.1 Å². The van der Waals surface area contributed by atoms with Crippen LogP contribution in [0.4, 0.5) is 11.4 Å². The molecule has 1 fully saturated rings. The number of hydrogen-bond donors (Lipinski definition) is 1. The number of anilines is 1. The first-order valence-corrected chi connectivity index (χ1v) is 9.76. The highest BCUT2D eigenvalue weighted by atomic mass is 35.5. The Morgan fingerprint density at radius 1 is 1.21 bits per heavy atom. The van der Waals surface area contributed by atoms with Gasteiger partial charge in [0.1, 0.15) is 18.9 Å². The molecule has 4 rings (SSSR count). The molecular formula is C20H20ClN3O5. The van der Waals surface area contributed by atoms with Gasteiger partial charge < -0.3 is 14.8 Å². The molecule has 152 valence electrons. The average Bonchev–Trinajstić information content (AvgIpc) is 3.16. The lowest BCUT2D eigenvalue weighted by molar-refractivity contribution is -0.383. The third kappa shape index (κ3) is 4.28. The highest BCUT2D eigenvalue weighted by Crippen LogP contribution is 2.38. The van der Waals surface area contributed by atoms with E-state index in [0.717, 1.165) is 36.4 Å². The van der Waals surface area contributed by atoms with Gasteiger partial charge in [-0.2, -0.15) is 0 Å². The summed E-state index contributed by atoms with van der Waals surface area (Å²) in [6.07, 6.45) is 1.89. The lowest BCUT2D eigenvalue weighted by Crippen LogP contribution is -2.33. The zero-order chi connectivity index (χ0) is 20.4. The number of rotatable bonds is 5. The predicted molar refractivity (Wildman–Crippen MR) is 108 cm³/mol. The first kappa shape index (κ1) is 19.5. The molecule has 0 spiro atoms. The van der Waals surface area contributed by atoms with Gasteiger partial charge in [0, 0.05) is 17.1 Å². The second-order valence-electron chi connectivity index (χ2n) is 7.00. The second kappa shape index (κ2) is 8.26. The maximum atomic E-state index is 12.6. The molecule has 29 heavy (non-hydrogen) atoms. The van der Waals surface area contributed by atoms with Crippen LogP contribution in [-0.4, -0.2) is 42.0 Å². The van der Waals surface area contributed by atoms with E-state index in [9.17, 15) is 14.9 Å². The normalized spacial score (nSPS) is 18.4. The number of halogens is 1. The molecule has 1 saturated heterocycles. The molecule has 2 heterocycles. The summed E-state index contributed by atoms with van der Waals surface area (Å²) in [5, 5.41) is 14.1. The summed E-state index contributed by atoms with van der Waals surface area (Å²) >= 11 is 5.83. The van der Waals surface area contributed by atoms with Crippen LogP contribution in [0.2, 0.25) is 5.02 Å². The van der Waals surface area contributed by atoms with Crippen molar-refractivity contribution in [3.63, 3.8) is 0 Å². The Morgan fingerprint density at radius 3 is 2.79 bits per heavy atom. The van der Waals surface area contributed by atoms with E-state index in [1.54, 1.807) is 0 Å². The largest absolute Gasteiger partial charge is 0.486 e. The van der Waals surface area contributed by atoms with Crippen molar-refractivity contribution in [2.75, 3.05) is 31.6 Å². The Labute approximate surface area is 172 Å². The topological polar surface area (TPSA) is 93.9 Å². The van der Waals surface area contributed by atoms with E-state index in [1.807, 2.05) is 18.2 Å². The average molecular weight is 418 g/mol. The number of nitro benzene ring substituents is 1. The fourth-order valence-electron chi connectivity index (χ4n) is 3.80. The molecule has 0 bridgehead atoms. The Kier molecular flexibility index (Phi) is 5.55. The van der Waals surface area contributed by atoms with Crippen LogP contribution in [0.25, 0.3) is 0 Å². The molecule has 0 saturated carbocycles. The molecule has 2 aromatic carbocycles. The summed E-state index contributed by atoms with van der Waals surface area (Å²) in [4.78, 5) is 25.3. The van der Waals surface area contributed by atoms with Crippen molar-refractivity contribution in [3.8, 4) is 11.5 Å². The molecule has 0 radical (unpaired) electrons. The Morgan fingerprint density at radius 2 is 2.00 bits per heavy atom. The van der Waals surface area contributed by atoms with Gasteiger partial charge in [0.2, 0.25) is 5.91 Å². The van der Waals surface area contributed by atoms with Gasteiger partial charge >= 0.3 is 0 Å². The first-order chi connectivity index (χ1) is 14.0. The minimum atomic E-state index is -0.560. The lowest BCUT2D eigenvalue weighted by Gasteiger charge is -2.26. The summed E-state index contributed by atoms with van der Waals surface area (Å²) < 4.78 is 11.2. The van der Waals surface area contributed by atoms with Crippen molar-refractivity contribution in [2.45, 2.75) is 18.9 Å². The van der Waals surface area contributed by atoms with Gasteiger partial charge in [0.25, 0.3) is 5.69 Å². The van der Waals surface area contributed by atoms with Crippen LogP contribution in [-0.2, 0) is 4.79 Å². The van der Waals surface area contributed by atoms with E-state index in [0.29, 0.717) is 13.2 Å². The minimum absolute atomic E-state index is 0.0804. The fraction of sp³-hybridized carbons (Fsp3) is 0.350. The number of nitrogens with one attached hydrogen (secondary N) is 1. The smallest absolute Gasteiger partial charge is 0.294 e. The summed E-state index contributed by atoms with van der Waals surface area (Å²) in [6, 6.07) is 10.1. The van der Waals surface area contributed by atoms with Crippen LogP contribution in [0, 0.1) is 10.1 Å². The predicted octanol–water partition coefficient (Wildman–Crippen LogP) is 3.80. The van der Waals surface area contributed by atoms with Crippen LogP contribution in [0.1, 0.15) is 24.4 Å². The van der Waals surface area contributed by atoms with Gasteiger partial charge in [0.05, 0.1) is 11.5 Å². The van der Waals surface area contributed by atoms with Crippen molar-refractivity contribution in [1.82, 2.24) is 4.90 Å². The lowest BCUT2D eigenvalue weighted by atomic mass is 10.0. The molecule has 1 N–H and O–H groups in total. The SMILES string of the molecule is O=C(CN1CCCC1c1ccc2c(c1)OCCO2)Nc1ccc(Cl)cc1[N+](=O)[O-]. The quantitative estimate of drug-likeness (QED) is 0.587. The van der Waals surface area contributed by atoms with Gasteiger partial charge in [-0.3, -0.25) is 19.8 Å². The van der Waals surface area contributed by atoms with Crippen LogP contribution in [0.5, 0.6) is 11.5 Å². The van der Waals surface area contributed by atoms with E-state index >= 15 is 0 Å². The van der Waals surface area contributed by atoms with Crippen molar-refractivity contribution in [2.24, 2.45) is 0 Å². The molecule has 2 aromatic rings. The highest BCUT2D eigenvalue weighted by molar-refractivity contribution is 6.31. The molecule has 0 aliphatic carbocycles. The second-order valence-corrected chi connectivity index (χ2v) is 7.43. The number of ether oxygens (including phenoxy) is 2. The molecule has 1 atom stereocenters. The molecule has 9 heteroatoms. The van der Waals surface area contributed by atoms with Crippen LogP contribution in [0.3, 0.4) is 0 Å². The van der Waals surface area contributed by atoms with Crippen LogP contribution >= 0.6 is 11.6 Å². The molecule has 1 amide bonds. The number of nitrogens with zero attached hydrogens (tertiary/aromatic N) is 2. The van der Waals surface area contributed by atoms with Crippen molar-refractivity contribution in [3.05, 3.63) is 57.1 Å². The van der Waals surface area contributed by atoms with Gasteiger partial charge in [-0.1, -0.05) is 17.7 Å². The van der Waals surface area contributed by atoms with Crippen LogP contribution in [0.15, 0.2) is 36.4 Å². The highest BCUT2D eigenvalue weighted by Gasteiger charge is 2.29. The zero-order valence-electron chi connectivity index (χ0n) is 15.6. The Bertz CT molecular complexity index is 952. The summed E-state index contributed by atoms with van der Waals surface area (Å²) in [5.74, 6) is 1.15. The summed E-state index contributed by atoms with van der Waals surface area (Å²) in [5.41, 5.74) is 0.979. The Hall–Kier alpha value is -2.84. The van der Waals surface area contributed by atoms with Gasteiger partial charge in [0.15, 0.2) is 11.5 Å². The third-order valence-corrected chi connectivity index (χ3v) is 5.33. The number of carbonyl (C=O) groups is 1. The van der Waals surface area contributed by atoms with Crippen LogP contribution < -0.4 is 14.8 Å². The van der Waals surface area contributed by atoms with Gasteiger partial charge in [-0.15, -0.1) is 0 Å². The molecule has 1 unspecified atom stereocenters. The van der Waals surface area contributed by atoms with Gasteiger partial charge in [-0.25, -0.2) is 0 Å². The van der Waals surface area contributed by atoms with Crippen molar-refractivity contribution < 1.29 is 19.2 Å². The number of benzene rings is 2. The van der Waals surface area contributed by atoms with Crippen molar-refractivity contribution in [1.29, 1.82) is 0 Å². The van der Waals surface area contributed by atoms with Crippen molar-refractivity contribution >= 4 is 28.9 Å². The maximum absolute atomic E-state index is 12.6. The maximum Gasteiger partial charge on any atom is 0.294 e. The van der Waals surface area contributed by atoms with E-state index in [2.05, 4.69) is 10.2 Å².